The van der Waals surface area contributed by atoms with Gasteiger partial charge in [-0.2, -0.15) is 0 Å². The zero-order chi connectivity index (χ0) is 28.5. The van der Waals surface area contributed by atoms with Crippen LogP contribution < -0.4 is 9.47 Å². The highest BCUT2D eigenvalue weighted by Crippen LogP contribution is 2.41. The first-order chi connectivity index (χ1) is 19.4. The Bertz CT molecular complexity index is 1360. The van der Waals surface area contributed by atoms with Crippen molar-refractivity contribution in [3.63, 3.8) is 0 Å². The third-order valence-corrected chi connectivity index (χ3v) is 6.82. The van der Waals surface area contributed by atoms with Crippen LogP contribution in [-0.4, -0.2) is 41.5 Å². The molecule has 3 aromatic carbocycles. The fourth-order valence-electron chi connectivity index (χ4n) is 4.69. The largest absolute Gasteiger partial charge is 0.503 e. The third kappa shape index (κ3) is 7.00. The fourth-order valence-corrected chi connectivity index (χ4v) is 4.69. The molecule has 1 heterocycles. The molecule has 1 aliphatic rings. The first-order valence-electron chi connectivity index (χ1n) is 13.8. The number of allylic oxidation sites excluding steroid dienone is 1. The number of rotatable bonds is 13. The highest BCUT2D eigenvalue weighted by atomic mass is 16.5. The van der Waals surface area contributed by atoms with Gasteiger partial charge in [-0.1, -0.05) is 86.7 Å². The number of carbonyl (C=O) groups excluding carboxylic acids is 2. The number of nitrogens with zero attached hydrogens (tertiary/aromatic N) is 1. The minimum absolute atomic E-state index is 0.0566. The second kappa shape index (κ2) is 13.7. The molecule has 1 N–H and O–H groups in total. The predicted octanol–water partition coefficient (Wildman–Crippen LogP) is 6.73. The van der Waals surface area contributed by atoms with E-state index >= 15 is 0 Å². The topological polar surface area (TPSA) is 76.1 Å². The Kier molecular flexibility index (Phi) is 9.79. The molecule has 4 rings (SSSR count). The summed E-state index contributed by atoms with van der Waals surface area (Å²) in [4.78, 5) is 28.5. The van der Waals surface area contributed by atoms with Crippen molar-refractivity contribution in [1.82, 2.24) is 4.90 Å². The summed E-state index contributed by atoms with van der Waals surface area (Å²) < 4.78 is 11.9. The standard InChI is InChI=1S/C34H37NO5/c1-4-39-30-23-27(16-18-29(30)40-22-20-24(2)3)32-31(28(36)17-15-25-11-7-5-8-12-25)33(37)34(38)35(32)21-19-26-13-9-6-10-14-26/h5-18,23-24,32,37H,4,19-22H2,1-3H3/b17-15+. The van der Waals surface area contributed by atoms with Crippen LogP contribution in [0.4, 0.5) is 0 Å². The molecule has 0 saturated heterocycles. The molecule has 6 heteroatoms. The van der Waals surface area contributed by atoms with Crippen LogP contribution in [0, 0.1) is 5.92 Å². The van der Waals surface area contributed by atoms with Gasteiger partial charge in [0.2, 0.25) is 0 Å². The molecule has 0 saturated carbocycles. The van der Waals surface area contributed by atoms with Crippen molar-refractivity contribution < 1.29 is 24.2 Å². The van der Waals surface area contributed by atoms with Crippen LogP contribution in [0.2, 0.25) is 0 Å². The summed E-state index contributed by atoms with van der Waals surface area (Å²) in [5, 5.41) is 11.0. The number of aliphatic hydroxyl groups is 1. The van der Waals surface area contributed by atoms with E-state index in [1.165, 1.54) is 6.08 Å². The van der Waals surface area contributed by atoms with Crippen molar-refractivity contribution in [3.05, 3.63) is 113 Å². The molecule has 0 radical (unpaired) electrons. The molecule has 40 heavy (non-hydrogen) atoms. The van der Waals surface area contributed by atoms with Crippen LogP contribution >= 0.6 is 0 Å². The normalized spacial score (nSPS) is 15.3. The van der Waals surface area contributed by atoms with Gasteiger partial charge in [-0.05, 0) is 60.6 Å². The molecule has 0 spiro atoms. The second-order valence-electron chi connectivity index (χ2n) is 10.2. The molecule has 0 bridgehead atoms. The number of benzene rings is 3. The maximum atomic E-state index is 13.5. The van der Waals surface area contributed by atoms with Gasteiger partial charge in [-0.25, -0.2) is 0 Å². The van der Waals surface area contributed by atoms with E-state index in [9.17, 15) is 14.7 Å². The number of aliphatic hydroxyl groups excluding tert-OH is 1. The summed E-state index contributed by atoms with van der Waals surface area (Å²) in [6, 6.07) is 24.0. The van der Waals surface area contributed by atoms with E-state index in [0.29, 0.717) is 49.2 Å². The Morgan fingerprint density at radius 3 is 2.35 bits per heavy atom. The van der Waals surface area contributed by atoms with E-state index in [-0.39, 0.29) is 5.57 Å². The highest BCUT2D eigenvalue weighted by Gasteiger charge is 2.43. The molecule has 1 aliphatic heterocycles. The molecule has 6 nitrogen and oxygen atoms in total. The van der Waals surface area contributed by atoms with Gasteiger partial charge < -0.3 is 19.5 Å². The summed E-state index contributed by atoms with van der Waals surface area (Å²) in [5.74, 6) is 0.151. The second-order valence-corrected chi connectivity index (χ2v) is 10.2. The van der Waals surface area contributed by atoms with E-state index in [2.05, 4.69) is 13.8 Å². The predicted molar refractivity (Wildman–Crippen MR) is 157 cm³/mol. The van der Waals surface area contributed by atoms with Crippen molar-refractivity contribution in [2.24, 2.45) is 5.92 Å². The molecule has 1 amide bonds. The molecule has 208 valence electrons. The first-order valence-corrected chi connectivity index (χ1v) is 13.8. The number of ketones is 1. The molecule has 3 aromatic rings. The Morgan fingerprint density at radius 2 is 1.68 bits per heavy atom. The van der Waals surface area contributed by atoms with Crippen LogP contribution in [0.15, 0.2) is 96.3 Å². The smallest absolute Gasteiger partial charge is 0.290 e. The van der Waals surface area contributed by atoms with E-state index in [4.69, 9.17) is 9.47 Å². The monoisotopic (exact) mass is 539 g/mol. The third-order valence-electron chi connectivity index (χ3n) is 6.82. The van der Waals surface area contributed by atoms with Gasteiger partial charge in [0.05, 0.1) is 24.8 Å². The Balaban J connectivity index is 1.69. The van der Waals surface area contributed by atoms with Gasteiger partial charge in [0.1, 0.15) is 0 Å². The number of hydrogen-bond donors (Lipinski definition) is 1. The molecule has 0 aromatic heterocycles. The number of carbonyl (C=O) groups is 2. The molecular weight excluding hydrogens is 502 g/mol. The van der Waals surface area contributed by atoms with Crippen molar-refractivity contribution >= 4 is 17.8 Å². The van der Waals surface area contributed by atoms with E-state index in [1.54, 1.807) is 11.0 Å². The van der Waals surface area contributed by atoms with Gasteiger partial charge >= 0.3 is 0 Å². The lowest BCUT2D eigenvalue weighted by atomic mass is 9.95. The molecule has 1 atom stereocenters. The summed E-state index contributed by atoms with van der Waals surface area (Å²) in [5.41, 5.74) is 2.63. The average molecular weight is 540 g/mol. The van der Waals surface area contributed by atoms with Gasteiger partial charge in [0, 0.05) is 6.54 Å². The van der Waals surface area contributed by atoms with Gasteiger partial charge in [0.15, 0.2) is 23.0 Å². The quantitative estimate of drug-likeness (QED) is 0.244. The van der Waals surface area contributed by atoms with Crippen molar-refractivity contribution in [3.8, 4) is 11.5 Å². The summed E-state index contributed by atoms with van der Waals surface area (Å²) >= 11 is 0. The van der Waals surface area contributed by atoms with E-state index in [1.807, 2.05) is 85.8 Å². The average Bonchev–Trinajstić information content (AvgIpc) is 3.21. The van der Waals surface area contributed by atoms with E-state index in [0.717, 1.165) is 17.5 Å². The van der Waals surface area contributed by atoms with Crippen molar-refractivity contribution in [2.45, 2.75) is 39.7 Å². The van der Waals surface area contributed by atoms with Crippen LogP contribution in [0.3, 0.4) is 0 Å². The van der Waals surface area contributed by atoms with E-state index < -0.39 is 23.5 Å². The maximum absolute atomic E-state index is 13.5. The number of hydrogen-bond acceptors (Lipinski definition) is 5. The molecule has 0 fully saturated rings. The van der Waals surface area contributed by atoms with Crippen LogP contribution in [0.1, 0.15) is 49.9 Å². The Morgan fingerprint density at radius 1 is 0.975 bits per heavy atom. The van der Waals surface area contributed by atoms with Crippen LogP contribution in [0.25, 0.3) is 6.08 Å². The summed E-state index contributed by atoms with van der Waals surface area (Å²) in [6.45, 7) is 7.48. The minimum atomic E-state index is -0.770. The zero-order valence-corrected chi connectivity index (χ0v) is 23.4. The zero-order valence-electron chi connectivity index (χ0n) is 23.4. The lowest BCUT2D eigenvalue weighted by Crippen LogP contribution is -2.33. The number of amides is 1. The lowest BCUT2D eigenvalue weighted by molar-refractivity contribution is -0.129. The van der Waals surface area contributed by atoms with Gasteiger partial charge in [0.25, 0.3) is 5.91 Å². The molecule has 1 unspecified atom stereocenters. The van der Waals surface area contributed by atoms with Crippen molar-refractivity contribution in [1.29, 1.82) is 0 Å². The SMILES string of the molecule is CCOc1cc(C2C(C(=O)/C=C/c3ccccc3)=C(O)C(=O)N2CCc2ccccc2)ccc1OCCC(C)C. The van der Waals surface area contributed by atoms with Crippen LogP contribution in [0.5, 0.6) is 11.5 Å². The van der Waals surface area contributed by atoms with Crippen molar-refractivity contribution in [2.75, 3.05) is 19.8 Å². The highest BCUT2D eigenvalue weighted by molar-refractivity contribution is 6.14. The van der Waals surface area contributed by atoms with Gasteiger partial charge in [-0.15, -0.1) is 0 Å². The Labute approximate surface area is 236 Å². The minimum Gasteiger partial charge on any atom is -0.503 e. The number of ether oxygens (including phenoxy) is 2. The lowest BCUT2D eigenvalue weighted by Gasteiger charge is -2.27. The first kappa shape index (κ1) is 28.7. The molecule has 0 aliphatic carbocycles. The van der Waals surface area contributed by atoms with Gasteiger partial charge in [-0.3, -0.25) is 9.59 Å². The summed E-state index contributed by atoms with van der Waals surface area (Å²) in [7, 11) is 0. The molecular formula is C34H37NO5. The summed E-state index contributed by atoms with van der Waals surface area (Å²) in [6.07, 6.45) is 4.58. The maximum Gasteiger partial charge on any atom is 0.290 e. The Hall–Kier alpha value is -4.32. The van der Waals surface area contributed by atoms with Crippen LogP contribution in [-0.2, 0) is 16.0 Å². The fraction of sp³-hybridized carbons (Fsp3) is 0.294.